The van der Waals surface area contributed by atoms with Crippen molar-refractivity contribution in [3.63, 3.8) is 0 Å². The highest BCUT2D eigenvalue weighted by atomic mass is 32.2. The second-order valence-corrected chi connectivity index (χ2v) is 11.4. The number of ether oxygens (including phenoxy) is 1. The summed E-state index contributed by atoms with van der Waals surface area (Å²) < 4.78 is 33.8. The van der Waals surface area contributed by atoms with Crippen LogP contribution in [-0.4, -0.2) is 52.1 Å². The summed E-state index contributed by atoms with van der Waals surface area (Å²) in [5.41, 5.74) is 5.61. The first-order chi connectivity index (χ1) is 17.7. The second-order valence-electron chi connectivity index (χ2n) is 9.58. The highest BCUT2D eigenvalue weighted by Gasteiger charge is 2.27. The van der Waals surface area contributed by atoms with Gasteiger partial charge >= 0.3 is 0 Å². The van der Waals surface area contributed by atoms with Gasteiger partial charge in [0.05, 0.1) is 23.8 Å². The molecule has 7 nitrogen and oxygen atoms in total. The Balaban J connectivity index is 1.45. The molecule has 0 bridgehead atoms. The topological polar surface area (TPSA) is 79.0 Å². The van der Waals surface area contributed by atoms with Crippen LogP contribution in [0.25, 0.3) is 0 Å². The van der Waals surface area contributed by atoms with Crippen molar-refractivity contribution in [3.05, 3.63) is 94.5 Å². The van der Waals surface area contributed by atoms with Crippen molar-refractivity contribution in [1.82, 2.24) is 10.2 Å². The number of amides is 1. The first kappa shape index (κ1) is 26.9. The molecule has 0 radical (unpaired) electrons. The van der Waals surface area contributed by atoms with Crippen LogP contribution in [0.15, 0.2) is 71.6 Å². The lowest BCUT2D eigenvalue weighted by Gasteiger charge is -2.26. The minimum absolute atomic E-state index is 0.153. The Labute approximate surface area is 220 Å². The normalized spacial score (nSPS) is 14.4. The van der Waals surface area contributed by atoms with E-state index >= 15 is 0 Å². The standard InChI is InChI=1S/C29H35N3O4S/c1-22-4-12-28(13-5-22)37(34,35)32(27-11-6-23(2)24(3)18-27)21-29(33)30-19-25-7-9-26(10-8-25)20-31-14-16-36-17-15-31/h4-13,18H,14-17,19-21H2,1-3H3,(H,30,33). The quantitative estimate of drug-likeness (QED) is 0.461. The van der Waals surface area contributed by atoms with Crippen molar-refractivity contribution in [2.45, 2.75) is 38.8 Å². The molecule has 3 aromatic rings. The number of rotatable bonds is 9. The Bertz CT molecular complexity index is 1320. The van der Waals surface area contributed by atoms with Crippen molar-refractivity contribution in [2.75, 3.05) is 37.2 Å². The van der Waals surface area contributed by atoms with Gasteiger partial charge in [-0.3, -0.25) is 14.0 Å². The molecule has 1 aliphatic rings. The smallest absolute Gasteiger partial charge is 0.264 e. The Morgan fingerprint density at radius 1 is 0.892 bits per heavy atom. The third-order valence-electron chi connectivity index (χ3n) is 6.70. The minimum atomic E-state index is -3.94. The number of anilines is 1. The number of nitrogens with one attached hydrogen (secondary N) is 1. The molecule has 196 valence electrons. The van der Waals surface area contributed by atoms with Gasteiger partial charge in [0.2, 0.25) is 5.91 Å². The van der Waals surface area contributed by atoms with E-state index in [-0.39, 0.29) is 17.3 Å². The molecule has 1 heterocycles. The van der Waals surface area contributed by atoms with E-state index in [9.17, 15) is 13.2 Å². The second kappa shape index (κ2) is 11.9. The first-order valence-corrected chi connectivity index (χ1v) is 14.0. The van der Waals surface area contributed by atoms with E-state index in [2.05, 4.69) is 22.3 Å². The van der Waals surface area contributed by atoms with E-state index in [1.807, 2.05) is 45.0 Å². The molecule has 1 fully saturated rings. The van der Waals surface area contributed by atoms with Crippen LogP contribution in [0.1, 0.15) is 27.8 Å². The number of nitrogens with zero attached hydrogens (tertiary/aromatic N) is 2. The summed E-state index contributed by atoms with van der Waals surface area (Å²) in [5, 5.41) is 2.89. The monoisotopic (exact) mass is 521 g/mol. The summed E-state index contributed by atoms with van der Waals surface area (Å²) in [4.78, 5) is 15.5. The summed E-state index contributed by atoms with van der Waals surface area (Å²) in [7, 11) is -3.94. The largest absolute Gasteiger partial charge is 0.379 e. The molecule has 4 rings (SSSR count). The molecule has 0 aliphatic carbocycles. The average Bonchev–Trinajstić information content (AvgIpc) is 2.89. The number of carbonyl (C=O) groups excluding carboxylic acids is 1. The number of aryl methyl sites for hydroxylation is 3. The maximum Gasteiger partial charge on any atom is 0.264 e. The summed E-state index contributed by atoms with van der Waals surface area (Å²) in [5.74, 6) is -0.369. The molecule has 0 aromatic heterocycles. The summed E-state index contributed by atoms with van der Waals surface area (Å²) in [6.45, 7) is 10.1. The molecule has 1 aliphatic heterocycles. The molecule has 1 saturated heterocycles. The zero-order valence-electron chi connectivity index (χ0n) is 21.7. The third kappa shape index (κ3) is 6.97. The fourth-order valence-corrected chi connectivity index (χ4v) is 5.61. The van der Waals surface area contributed by atoms with Crippen molar-refractivity contribution in [1.29, 1.82) is 0 Å². The van der Waals surface area contributed by atoms with E-state index in [1.165, 1.54) is 9.87 Å². The van der Waals surface area contributed by atoms with Gasteiger partial charge in [-0.1, -0.05) is 48.0 Å². The molecular formula is C29H35N3O4S. The molecule has 0 spiro atoms. The number of hydrogen-bond acceptors (Lipinski definition) is 5. The Hall–Kier alpha value is -3.20. The van der Waals surface area contributed by atoms with Gasteiger partial charge in [0.25, 0.3) is 10.0 Å². The van der Waals surface area contributed by atoms with Crippen LogP contribution in [-0.2, 0) is 32.6 Å². The minimum Gasteiger partial charge on any atom is -0.379 e. The molecule has 1 N–H and O–H groups in total. The Morgan fingerprint density at radius 2 is 1.54 bits per heavy atom. The van der Waals surface area contributed by atoms with Gasteiger partial charge in [-0.25, -0.2) is 8.42 Å². The lowest BCUT2D eigenvalue weighted by Crippen LogP contribution is -2.40. The predicted octanol–water partition coefficient (Wildman–Crippen LogP) is 3.96. The van der Waals surface area contributed by atoms with Gasteiger partial charge in [-0.15, -0.1) is 0 Å². The van der Waals surface area contributed by atoms with E-state index in [0.29, 0.717) is 12.2 Å². The van der Waals surface area contributed by atoms with Crippen molar-refractivity contribution < 1.29 is 17.9 Å². The number of hydrogen-bond donors (Lipinski definition) is 1. The zero-order valence-corrected chi connectivity index (χ0v) is 22.6. The molecule has 0 atom stereocenters. The van der Waals surface area contributed by atoms with Crippen LogP contribution in [0.2, 0.25) is 0 Å². The zero-order chi connectivity index (χ0) is 26.4. The van der Waals surface area contributed by atoms with Crippen LogP contribution in [0.3, 0.4) is 0 Å². The number of morpholine rings is 1. The number of benzene rings is 3. The Morgan fingerprint density at radius 3 is 2.19 bits per heavy atom. The van der Waals surface area contributed by atoms with E-state index in [4.69, 9.17) is 4.74 Å². The summed E-state index contributed by atoms with van der Waals surface area (Å²) >= 11 is 0. The lowest BCUT2D eigenvalue weighted by atomic mass is 10.1. The van der Waals surface area contributed by atoms with Gasteiger partial charge in [-0.05, 0) is 67.3 Å². The van der Waals surface area contributed by atoms with Gasteiger partial charge in [0.15, 0.2) is 0 Å². The molecule has 8 heteroatoms. The van der Waals surface area contributed by atoms with Crippen LogP contribution >= 0.6 is 0 Å². The molecule has 1 amide bonds. The fraction of sp³-hybridized carbons (Fsp3) is 0.345. The summed E-state index contributed by atoms with van der Waals surface area (Å²) in [6.07, 6.45) is 0. The predicted molar refractivity (Wildman–Crippen MR) is 146 cm³/mol. The lowest BCUT2D eigenvalue weighted by molar-refractivity contribution is -0.119. The van der Waals surface area contributed by atoms with Gasteiger partial charge in [0.1, 0.15) is 6.54 Å². The van der Waals surface area contributed by atoms with Crippen molar-refractivity contribution >= 4 is 21.6 Å². The highest BCUT2D eigenvalue weighted by Crippen LogP contribution is 2.26. The molecule has 0 saturated carbocycles. The van der Waals surface area contributed by atoms with Gasteiger partial charge < -0.3 is 10.1 Å². The van der Waals surface area contributed by atoms with E-state index in [0.717, 1.165) is 55.1 Å². The van der Waals surface area contributed by atoms with Crippen LogP contribution < -0.4 is 9.62 Å². The summed E-state index contributed by atoms with van der Waals surface area (Å²) in [6, 6.07) is 20.2. The average molecular weight is 522 g/mol. The van der Waals surface area contributed by atoms with Crippen LogP contribution in [0.4, 0.5) is 5.69 Å². The van der Waals surface area contributed by atoms with E-state index in [1.54, 1.807) is 30.3 Å². The fourth-order valence-electron chi connectivity index (χ4n) is 4.20. The van der Waals surface area contributed by atoms with Crippen LogP contribution in [0, 0.1) is 20.8 Å². The number of sulfonamides is 1. The van der Waals surface area contributed by atoms with Gasteiger partial charge in [-0.2, -0.15) is 0 Å². The maximum atomic E-state index is 13.6. The highest BCUT2D eigenvalue weighted by molar-refractivity contribution is 7.92. The number of carbonyl (C=O) groups is 1. The van der Waals surface area contributed by atoms with Gasteiger partial charge in [0, 0.05) is 26.2 Å². The van der Waals surface area contributed by atoms with Crippen molar-refractivity contribution in [2.24, 2.45) is 0 Å². The molecule has 37 heavy (non-hydrogen) atoms. The van der Waals surface area contributed by atoms with E-state index < -0.39 is 10.0 Å². The maximum absolute atomic E-state index is 13.6. The Kier molecular flexibility index (Phi) is 8.63. The third-order valence-corrected chi connectivity index (χ3v) is 8.49. The first-order valence-electron chi connectivity index (χ1n) is 12.5. The molecule has 0 unspecified atom stereocenters. The molecular weight excluding hydrogens is 486 g/mol. The van der Waals surface area contributed by atoms with Crippen LogP contribution in [0.5, 0.6) is 0 Å². The molecule has 3 aromatic carbocycles. The van der Waals surface area contributed by atoms with Crippen molar-refractivity contribution in [3.8, 4) is 0 Å². The SMILES string of the molecule is Cc1ccc(S(=O)(=O)N(CC(=O)NCc2ccc(CN3CCOCC3)cc2)c2ccc(C)c(C)c2)cc1.